The van der Waals surface area contributed by atoms with Crippen LogP contribution in [0.1, 0.15) is 24.9 Å². The average molecular weight is 182 g/mol. The van der Waals surface area contributed by atoms with Gasteiger partial charge in [-0.25, -0.2) is 0 Å². The Morgan fingerprint density at radius 3 is 2.92 bits per heavy atom. The summed E-state index contributed by atoms with van der Waals surface area (Å²) < 4.78 is 1.70. The van der Waals surface area contributed by atoms with Crippen molar-refractivity contribution in [3.8, 4) is 0 Å². The summed E-state index contributed by atoms with van der Waals surface area (Å²) in [5.74, 6) is 0.186. The molecular weight excluding hydrogens is 168 g/mol. The van der Waals surface area contributed by atoms with Crippen LogP contribution in [0.25, 0.3) is 0 Å². The fourth-order valence-corrected chi connectivity index (χ4v) is 1.20. The van der Waals surface area contributed by atoms with Gasteiger partial charge in [0.05, 0.1) is 6.20 Å². The Morgan fingerprint density at radius 1 is 1.85 bits per heavy atom. The van der Waals surface area contributed by atoms with E-state index in [0.717, 1.165) is 12.0 Å². The highest BCUT2D eigenvalue weighted by Crippen LogP contribution is 2.10. The van der Waals surface area contributed by atoms with Gasteiger partial charge < -0.3 is 10.9 Å². The summed E-state index contributed by atoms with van der Waals surface area (Å²) in [6.45, 7) is 3.90. The first kappa shape index (κ1) is 9.57. The molecule has 0 saturated carbocycles. The lowest BCUT2D eigenvalue weighted by Gasteiger charge is -2.12. The van der Waals surface area contributed by atoms with Crippen molar-refractivity contribution < 1.29 is 5.21 Å². The SMILES string of the molecule is CCC(/C(N)=N/O)n1cc(C)cn1. The third-order valence-electron chi connectivity index (χ3n) is 1.89. The molecule has 0 aliphatic rings. The van der Waals surface area contributed by atoms with Crippen molar-refractivity contribution in [1.82, 2.24) is 9.78 Å². The molecule has 0 aliphatic heterocycles. The van der Waals surface area contributed by atoms with Crippen LogP contribution >= 0.6 is 0 Å². The summed E-state index contributed by atoms with van der Waals surface area (Å²) in [4.78, 5) is 0. The van der Waals surface area contributed by atoms with Crippen molar-refractivity contribution in [3.05, 3.63) is 18.0 Å². The van der Waals surface area contributed by atoms with Gasteiger partial charge in [0.15, 0.2) is 5.84 Å². The molecule has 0 fully saturated rings. The lowest BCUT2D eigenvalue weighted by atomic mass is 10.2. The second-order valence-electron chi connectivity index (χ2n) is 2.95. The monoisotopic (exact) mass is 182 g/mol. The Labute approximate surface area is 76.8 Å². The standard InChI is InChI=1S/C8H14N4O/c1-3-7(8(9)11-13)12-5-6(2)4-10-12/h4-5,7,13H,3H2,1-2H3,(H2,9,11). The van der Waals surface area contributed by atoms with E-state index in [0.29, 0.717) is 0 Å². The average Bonchev–Trinajstić information content (AvgIpc) is 2.53. The van der Waals surface area contributed by atoms with E-state index in [1.165, 1.54) is 0 Å². The van der Waals surface area contributed by atoms with Gasteiger partial charge in [0.1, 0.15) is 6.04 Å². The maximum Gasteiger partial charge on any atom is 0.164 e. The molecule has 0 radical (unpaired) electrons. The fraction of sp³-hybridized carbons (Fsp3) is 0.500. The van der Waals surface area contributed by atoms with Crippen LogP contribution in [0.2, 0.25) is 0 Å². The highest BCUT2D eigenvalue weighted by atomic mass is 16.4. The van der Waals surface area contributed by atoms with Gasteiger partial charge in [-0.1, -0.05) is 12.1 Å². The fourth-order valence-electron chi connectivity index (χ4n) is 1.20. The molecule has 0 amide bonds. The molecule has 72 valence electrons. The zero-order chi connectivity index (χ0) is 9.84. The smallest absolute Gasteiger partial charge is 0.164 e. The Bertz CT molecular complexity index is 305. The zero-order valence-electron chi connectivity index (χ0n) is 7.81. The number of aromatic nitrogens is 2. The van der Waals surface area contributed by atoms with Gasteiger partial charge in [-0.15, -0.1) is 0 Å². The number of oxime groups is 1. The van der Waals surface area contributed by atoms with Gasteiger partial charge in [-0.05, 0) is 18.9 Å². The van der Waals surface area contributed by atoms with E-state index >= 15 is 0 Å². The molecule has 1 rings (SSSR count). The molecule has 0 spiro atoms. The topological polar surface area (TPSA) is 76.4 Å². The first-order valence-electron chi connectivity index (χ1n) is 4.17. The Hall–Kier alpha value is -1.52. The third-order valence-corrected chi connectivity index (χ3v) is 1.89. The Morgan fingerprint density at radius 2 is 2.54 bits per heavy atom. The van der Waals surface area contributed by atoms with E-state index in [9.17, 15) is 0 Å². The van der Waals surface area contributed by atoms with Gasteiger partial charge in [-0.3, -0.25) is 4.68 Å². The molecule has 0 saturated heterocycles. The van der Waals surface area contributed by atoms with Gasteiger partial charge in [0.2, 0.25) is 0 Å². The molecule has 13 heavy (non-hydrogen) atoms. The highest BCUT2D eigenvalue weighted by Gasteiger charge is 2.13. The number of hydrogen-bond donors (Lipinski definition) is 2. The van der Waals surface area contributed by atoms with Crippen molar-refractivity contribution in [2.45, 2.75) is 26.3 Å². The van der Waals surface area contributed by atoms with Crippen LogP contribution in [0.5, 0.6) is 0 Å². The number of rotatable bonds is 3. The van der Waals surface area contributed by atoms with Crippen molar-refractivity contribution in [1.29, 1.82) is 0 Å². The Balaban J connectivity index is 2.90. The number of amidine groups is 1. The van der Waals surface area contributed by atoms with Crippen LogP contribution in [0.4, 0.5) is 0 Å². The van der Waals surface area contributed by atoms with E-state index < -0.39 is 0 Å². The molecule has 5 nitrogen and oxygen atoms in total. The minimum absolute atomic E-state index is 0.154. The van der Waals surface area contributed by atoms with Crippen LogP contribution in [0.3, 0.4) is 0 Å². The van der Waals surface area contributed by atoms with Gasteiger partial charge >= 0.3 is 0 Å². The predicted molar refractivity (Wildman–Crippen MR) is 49.7 cm³/mol. The first-order valence-corrected chi connectivity index (χ1v) is 4.17. The van der Waals surface area contributed by atoms with Crippen molar-refractivity contribution in [2.24, 2.45) is 10.9 Å². The molecule has 0 bridgehead atoms. The minimum Gasteiger partial charge on any atom is -0.409 e. The molecule has 1 heterocycles. The molecule has 1 aromatic rings. The minimum atomic E-state index is -0.154. The number of aryl methyl sites for hydroxylation is 1. The van der Waals surface area contributed by atoms with E-state index in [1.807, 2.05) is 20.0 Å². The summed E-state index contributed by atoms with van der Waals surface area (Å²) in [5.41, 5.74) is 6.57. The van der Waals surface area contributed by atoms with Crippen LogP contribution in [0, 0.1) is 6.92 Å². The van der Waals surface area contributed by atoms with Crippen molar-refractivity contribution in [3.63, 3.8) is 0 Å². The largest absolute Gasteiger partial charge is 0.409 e. The molecular formula is C8H14N4O. The summed E-state index contributed by atoms with van der Waals surface area (Å²) >= 11 is 0. The maximum absolute atomic E-state index is 8.53. The number of nitrogens with zero attached hydrogens (tertiary/aromatic N) is 3. The lowest BCUT2D eigenvalue weighted by Crippen LogP contribution is -2.26. The summed E-state index contributed by atoms with van der Waals surface area (Å²) in [7, 11) is 0. The van der Waals surface area contributed by atoms with Gasteiger partial charge in [-0.2, -0.15) is 5.10 Å². The van der Waals surface area contributed by atoms with Crippen LogP contribution in [-0.2, 0) is 0 Å². The number of hydrogen-bond acceptors (Lipinski definition) is 3. The summed E-state index contributed by atoms with van der Waals surface area (Å²) in [6, 6.07) is -0.154. The molecule has 1 atom stereocenters. The predicted octanol–water partition coefficient (Wildman–Crippen LogP) is 0.889. The van der Waals surface area contributed by atoms with E-state index in [-0.39, 0.29) is 11.9 Å². The van der Waals surface area contributed by atoms with Crippen molar-refractivity contribution >= 4 is 5.84 Å². The lowest BCUT2D eigenvalue weighted by molar-refractivity contribution is 0.312. The van der Waals surface area contributed by atoms with Crippen LogP contribution in [0.15, 0.2) is 17.5 Å². The normalized spacial score (nSPS) is 14.5. The number of nitrogens with two attached hydrogens (primary N) is 1. The Kier molecular flexibility index (Phi) is 2.89. The quantitative estimate of drug-likeness (QED) is 0.315. The maximum atomic E-state index is 8.53. The summed E-state index contributed by atoms with van der Waals surface area (Å²) in [6.07, 6.45) is 4.36. The van der Waals surface area contributed by atoms with E-state index in [1.54, 1.807) is 10.9 Å². The molecule has 5 heteroatoms. The first-order chi connectivity index (χ1) is 6.19. The molecule has 1 aromatic heterocycles. The van der Waals surface area contributed by atoms with Gasteiger partial charge in [0, 0.05) is 6.20 Å². The molecule has 0 aliphatic carbocycles. The van der Waals surface area contributed by atoms with Crippen molar-refractivity contribution in [2.75, 3.05) is 0 Å². The summed E-state index contributed by atoms with van der Waals surface area (Å²) in [5, 5.41) is 15.6. The van der Waals surface area contributed by atoms with Crippen LogP contribution in [-0.4, -0.2) is 20.8 Å². The molecule has 3 N–H and O–H groups in total. The molecule has 1 unspecified atom stereocenters. The zero-order valence-corrected chi connectivity index (χ0v) is 7.81. The second-order valence-corrected chi connectivity index (χ2v) is 2.95. The van der Waals surface area contributed by atoms with Gasteiger partial charge in [0.25, 0.3) is 0 Å². The van der Waals surface area contributed by atoms with E-state index in [4.69, 9.17) is 10.9 Å². The highest BCUT2D eigenvalue weighted by molar-refractivity contribution is 5.83. The second kappa shape index (κ2) is 3.93. The van der Waals surface area contributed by atoms with Crippen LogP contribution < -0.4 is 5.73 Å². The van der Waals surface area contributed by atoms with E-state index in [2.05, 4.69) is 10.3 Å². The third kappa shape index (κ3) is 1.99. The molecule has 0 aromatic carbocycles.